The predicted molar refractivity (Wildman–Crippen MR) is 381 cm³/mol. The molecular weight excluding hydrogens is 1230 g/mol. The fourth-order valence-electron chi connectivity index (χ4n) is 11.3. The van der Waals surface area contributed by atoms with E-state index in [0.717, 1.165) is 120 Å². The summed E-state index contributed by atoms with van der Waals surface area (Å²) in [5.41, 5.74) is 0. The molecule has 94 heavy (non-hydrogen) atoms. The zero-order chi connectivity index (χ0) is 69.6. The van der Waals surface area contributed by atoms with E-state index < -0.39 is 97.5 Å². The minimum absolute atomic E-state index is 0.105. The molecule has 0 aliphatic heterocycles. The van der Waals surface area contributed by atoms with Crippen molar-refractivity contribution in [3.63, 3.8) is 0 Å². The highest BCUT2D eigenvalue weighted by molar-refractivity contribution is 7.47. The number of rotatable bonds is 72. The third-order valence-electron chi connectivity index (χ3n) is 17.7. The van der Waals surface area contributed by atoms with Crippen LogP contribution in [0.3, 0.4) is 0 Å². The summed E-state index contributed by atoms with van der Waals surface area (Å²) >= 11 is 0. The molecule has 0 amide bonds. The van der Waals surface area contributed by atoms with Crippen molar-refractivity contribution in [2.45, 2.75) is 395 Å². The molecule has 0 spiro atoms. The van der Waals surface area contributed by atoms with Gasteiger partial charge in [0.1, 0.15) is 19.3 Å². The molecule has 0 heterocycles. The number of ether oxygens (including phenoxy) is 4. The van der Waals surface area contributed by atoms with Crippen molar-refractivity contribution in [2.24, 2.45) is 23.7 Å². The standard InChI is InChI=1S/C75H146O17P2/c1-9-68(8)54-46-38-33-34-40-48-56-73(78)86-62-71(92-74(79)57-49-41-31-25-18-12-10-11-15-21-27-35-43-51-65(2)3)64-90-94(83,84)88-60-69(76)59-87-93(81,82)89-63-70(91-75(80)58-50-42-32-26-20-19-23-29-37-45-53-67(6)7)61-85-72(77)55-47-39-30-24-17-14-13-16-22-28-36-44-52-66(4)5/h65-71,76H,9-64H2,1-8H3,(H,81,82)(H,83,84)/t68?,69-,70-,71-/m1/s1. The number of aliphatic hydroxyl groups is 1. The zero-order valence-electron chi connectivity index (χ0n) is 61.6. The van der Waals surface area contributed by atoms with Gasteiger partial charge >= 0.3 is 39.5 Å². The van der Waals surface area contributed by atoms with Gasteiger partial charge in [-0.1, -0.05) is 325 Å². The summed E-state index contributed by atoms with van der Waals surface area (Å²) in [7, 11) is -9.91. The molecule has 0 aromatic carbocycles. The van der Waals surface area contributed by atoms with Gasteiger partial charge in [0.2, 0.25) is 0 Å². The van der Waals surface area contributed by atoms with Crippen LogP contribution in [0.25, 0.3) is 0 Å². The van der Waals surface area contributed by atoms with Gasteiger partial charge in [0.15, 0.2) is 12.2 Å². The third-order valence-corrected chi connectivity index (χ3v) is 19.6. The fraction of sp³-hybridized carbons (Fsp3) is 0.947. The topological polar surface area (TPSA) is 237 Å². The van der Waals surface area contributed by atoms with Crippen molar-refractivity contribution in [1.82, 2.24) is 0 Å². The lowest BCUT2D eigenvalue weighted by atomic mass is 10.00. The van der Waals surface area contributed by atoms with Crippen LogP contribution in [0.2, 0.25) is 0 Å². The quantitative estimate of drug-likeness (QED) is 0.0222. The third kappa shape index (κ3) is 67.3. The van der Waals surface area contributed by atoms with Crippen molar-refractivity contribution in [1.29, 1.82) is 0 Å². The van der Waals surface area contributed by atoms with Crippen LogP contribution in [0.15, 0.2) is 0 Å². The van der Waals surface area contributed by atoms with Crippen molar-refractivity contribution in [3.05, 3.63) is 0 Å². The van der Waals surface area contributed by atoms with Crippen LogP contribution in [-0.4, -0.2) is 96.7 Å². The first-order chi connectivity index (χ1) is 45.1. The van der Waals surface area contributed by atoms with Gasteiger partial charge in [0.05, 0.1) is 26.4 Å². The van der Waals surface area contributed by atoms with Gasteiger partial charge in [-0.3, -0.25) is 37.3 Å². The Labute approximate surface area is 575 Å². The summed E-state index contributed by atoms with van der Waals surface area (Å²) in [6.07, 6.45) is 48.5. The number of hydrogen-bond donors (Lipinski definition) is 3. The lowest BCUT2D eigenvalue weighted by Gasteiger charge is -2.21. The number of phosphoric acid groups is 2. The average molecular weight is 1380 g/mol. The van der Waals surface area contributed by atoms with E-state index in [0.29, 0.717) is 25.7 Å². The maximum absolute atomic E-state index is 13.1. The van der Waals surface area contributed by atoms with E-state index >= 15 is 0 Å². The summed E-state index contributed by atoms with van der Waals surface area (Å²) in [6, 6.07) is 0. The second-order valence-electron chi connectivity index (χ2n) is 28.7. The van der Waals surface area contributed by atoms with E-state index in [2.05, 4.69) is 55.4 Å². The van der Waals surface area contributed by atoms with Crippen LogP contribution in [0.1, 0.15) is 376 Å². The van der Waals surface area contributed by atoms with Crippen molar-refractivity contribution < 1.29 is 80.2 Å². The Morgan fingerprint density at radius 1 is 0.298 bits per heavy atom. The number of hydrogen-bond acceptors (Lipinski definition) is 15. The molecule has 0 saturated carbocycles. The van der Waals surface area contributed by atoms with Crippen LogP contribution >= 0.6 is 15.6 Å². The second kappa shape index (κ2) is 64.4. The summed E-state index contributed by atoms with van der Waals surface area (Å²) < 4.78 is 68.5. The Kier molecular flexibility index (Phi) is 63.1. The molecule has 0 aromatic rings. The maximum Gasteiger partial charge on any atom is 0.472 e. The predicted octanol–water partition coefficient (Wildman–Crippen LogP) is 21.7. The smallest absolute Gasteiger partial charge is 0.462 e. The van der Waals surface area contributed by atoms with Crippen LogP contribution in [0, 0.1) is 23.7 Å². The van der Waals surface area contributed by atoms with Crippen LogP contribution in [0.5, 0.6) is 0 Å². The number of aliphatic hydroxyl groups excluding tert-OH is 1. The highest BCUT2D eigenvalue weighted by atomic mass is 31.2. The summed E-state index contributed by atoms with van der Waals surface area (Å²) in [5, 5.41) is 10.6. The summed E-state index contributed by atoms with van der Waals surface area (Å²) in [4.78, 5) is 72.8. The largest absolute Gasteiger partial charge is 0.472 e. The lowest BCUT2D eigenvalue weighted by Crippen LogP contribution is -2.30. The van der Waals surface area contributed by atoms with Gasteiger partial charge in [0.25, 0.3) is 0 Å². The van der Waals surface area contributed by atoms with Crippen molar-refractivity contribution in [3.8, 4) is 0 Å². The minimum atomic E-state index is -4.96. The molecule has 0 fully saturated rings. The maximum atomic E-state index is 13.1. The van der Waals surface area contributed by atoms with E-state index in [1.807, 2.05) is 0 Å². The first-order valence-electron chi connectivity index (χ1n) is 38.7. The molecular formula is C75H146O17P2. The molecule has 19 heteroatoms. The summed E-state index contributed by atoms with van der Waals surface area (Å²) in [5.74, 6) is 0.929. The van der Waals surface area contributed by atoms with Crippen LogP contribution in [0.4, 0.5) is 0 Å². The number of carbonyl (C=O) groups is 4. The van der Waals surface area contributed by atoms with Gasteiger partial charge in [-0.15, -0.1) is 0 Å². The number of esters is 4. The lowest BCUT2D eigenvalue weighted by molar-refractivity contribution is -0.161. The van der Waals surface area contributed by atoms with Gasteiger partial charge in [-0.25, -0.2) is 9.13 Å². The normalized spacial score (nSPS) is 14.4. The Morgan fingerprint density at radius 2 is 0.511 bits per heavy atom. The monoisotopic (exact) mass is 1380 g/mol. The van der Waals surface area contributed by atoms with E-state index in [-0.39, 0.29) is 25.7 Å². The van der Waals surface area contributed by atoms with E-state index in [4.69, 9.17) is 37.0 Å². The highest BCUT2D eigenvalue weighted by Gasteiger charge is 2.30. The molecule has 0 aromatic heterocycles. The zero-order valence-corrected chi connectivity index (χ0v) is 63.4. The molecule has 0 aliphatic rings. The molecule has 3 unspecified atom stereocenters. The molecule has 558 valence electrons. The Hall–Kier alpha value is -1.94. The Bertz CT molecular complexity index is 1850. The number of carbonyl (C=O) groups excluding carboxylic acids is 4. The fourth-order valence-corrected chi connectivity index (χ4v) is 12.9. The molecule has 0 bridgehead atoms. The van der Waals surface area contributed by atoms with Gasteiger partial charge in [-0.2, -0.15) is 0 Å². The van der Waals surface area contributed by atoms with Gasteiger partial charge in [0, 0.05) is 25.7 Å². The second-order valence-corrected chi connectivity index (χ2v) is 31.6. The van der Waals surface area contributed by atoms with Crippen molar-refractivity contribution >= 4 is 39.5 Å². The van der Waals surface area contributed by atoms with Gasteiger partial charge in [-0.05, 0) is 49.4 Å². The molecule has 3 N–H and O–H groups in total. The van der Waals surface area contributed by atoms with Crippen LogP contribution in [-0.2, 0) is 65.4 Å². The molecule has 17 nitrogen and oxygen atoms in total. The molecule has 0 saturated heterocycles. The van der Waals surface area contributed by atoms with Gasteiger partial charge < -0.3 is 33.8 Å². The van der Waals surface area contributed by atoms with Crippen molar-refractivity contribution in [2.75, 3.05) is 39.6 Å². The summed E-state index contributed by atoms with van der Waals surface area (Å²) in [6.45, 7) is 14.2. The first kappa shape index (κ1) is 92.1. The number of unbranched alkanes of at least 4 members (excludes halogenated alkanes) is 37. The SMILES string of the molecule is CCC(C)CCCCCCCCC(=O)OC[C@H](COP(=O)(O)OC[C@H](O)COP(=O)(O)OC[C@@H](COC(=O)CCCCCCCCCCCCCCC(C)C)OC(=O)CCCCCCCCCCCCC(C)C)OC(=O)CCCCCCCCCCCCCCCC(C)C. The first-order valence-corrected chi connectivity index (χ1v) is 41.7. The van der Waals surface area contributed by atoms with Crippen LogP contribution < -0.4 is 0 Å². The number of phosphoric ester groups is 2. The van der Waals surface area contributed by atoms with E-state index in [1.54, 1.807) is 0 Å². The molecule has 0 radical (unpaired) electrons. The Balaban J connectivity index is 5.25. The Morgan fingerprint density at radius 3 is 0.755 bits per heavy atom. The van der Waals surface area contributed by atoms with E-state index in [9.17, 15) is 43.2 Å². The molecule has 6 atom stereocenters. The highest BCUT2D eigenvalue weighted by Crippen LogP contribution is 2.45. The van der Waals surface area contributed by atoms with E-state index in [1.165, 1.54) is 173 Å². The molecule has 0 aliphatic carbocycles. The molecule has 0 rings (SSSR count). The average Bonchev–Trinajstić information content (AvgIpc) is 1.73. The minimum Gasteiger partial charge on any atom is -0.462 e.